The molecule has 2 saturated heterocycles. The molecule has 0 bridgehead atoms. The van der Waals surface area contributed by atoms with Gasteiger partial charge in [0.2, 0.25) is 0 Å². The molecule has 0 unspecified atom stereocenters. The summed E-state index contributed by atoms with van der Waals surface area (Å²) in [4.78, 5) is 24.9. The predicted octanol–water partition coefficient (Wildman–Crippen LogP) is 1.93. The van der Waals surface area contributed by atoms with Crippen LogP contribution in [0.4, 0.5) is 4.79 Å². The minimum atomic E-state index is -0.397. The Morgan fingerprint density at radius 1 is 1.38 bits per heavy atom. The number of hydrogen-bond acceptors (Lipinski definition) is 5. The van der Waals surface area contributed by atoms with Crippen molar-refractivity contribution in [2.45, 2.75) is 52.1 Å². The van der Waals surface area contributed by atoms with Crippen LogP contribution in [0.5, 0.6) is 0 Å². The highest BCUT2D eigenvalue weighted by Gasteiger charge is 2.46. The van der Waals surface area contributed by atoms with E-state index in [1.807, 2.05) is 20.8 Å². The van der Waals surface area contributed by atoms with E-state index in [2.05, 4.69) is 5.32 Å². The van der Waals surface area contributed by atoms with Gasteiger partial charge in [0.25, 0.3) is 0 Å². The van der Waals surface area contributed by atoms with Crippen molar-refractivity contribution < 1.29 is 19.1 Å². The normalized spacial score (nSPS) is 19.8. The molecule has 2 rings (SSSR count). The molecule has 0 aromatic rings. The molecule has 0 aromatic carbocycles. The van der Waals surface area contributed by atoms with Gasteiger partial charge in [0.1, 0.15) is 12.1 Å². The Kier molecular flexibility index (Phi) is 7.50. The van der Waals surface area contributed by atoms with E-state index in [1.165, 1.54) is 4.90 Å². The smallest absolute Gasteiger partial charge is 0.411 e. The SMILES string of the molecule is CC.CCCCOC(=O)CN1CC2(CCNCC2)OC1=O. The maximum Gasteiger partial charge on any atom is 0.411 e. The van der Waals surface area contributed by atoms with Crippen molar-refractivity contribution in [2.75, 3.05) is 32.8 Å². The Balaban J connectivity index is 0.00000106. The summed E-state index contributed by atoms with van der Waals surface area (Å²) in [5.74, 6) is -0.351. The largest absolute Gasteiger partial charge is 0.464 e. The molecule has 2 aliphatic rings. The van der Waals surface area contributed by atoms with Crippen LogP contribution in [-0.4, -0.2) is 55.3 Å². The molecule has 6 nitrogen and oxygen atoms in total. The minimum absolute atomic E-state index is 0.00226. The van der Waals surface area contributed by atoms with Gasteiger partial charge in [0.05, 0.1) is 13.2 Å². The fourth-order valence-corrected chi connectivity index (χ4v) is 2.49. The summed E-state index contributed by atoms with van der Waals surface area (Å²) in [6.45, 7) is 8.65. The molecule has 0 aromatic heterocycles. The second kappa shape index (κ2) is 8.87. The topological polar surface area (TPSA) is 67.9 Å². The van der Waals surface area contributed by atoms with Crippen molar-refractivity contribution in [3.8, 4) is 0 Å². The number of nitrogens with one attached hydrogen (secondary N) is 1. The summed E-state index contributed by atoms with van der Waals surface area (Å²) in [6, 6.07) is 0. The van der Waals surface area contributed by atoms with Crippen LogP contribution >= 0.6 is 0 Å². The first kappa shape index (κ1) is 17.8. The van der Waals surface area contributed by atoms with E-state index in [0.717, 1.165) is 38.8 Å². The van der Waals surface area contributed by atoms with E-state index in [-0.39, 0.29) is 12.5 Å². The van der Waals surface area contributed by atoms with Crippen LogP contribution in [0.1, 0.15) is 46.5 Å². The quantitative estimate of drug-likeness (QED) is 0.621. The molecule has 0 saturated carbocycles. The average molecular weight is 300 g/mol. The number of carbonyl (C=O) groups is 2. The van der Waals surface area contributed by atoms with Crippen molar-refractivity contribution in [1.29, 1.82) is 0 Å². The molecule has 0 aliphatic carbocycles. The fraction of sp³-hybridized carbons (Fsp3) is 0.867. The molecule has 122 valence electrons. The van der Waals surface area contributed by atoms with Crippen molar-refractivity contribution in [3.63, 3.8) is 0 Å². The Labute approximate surface area is 127 Å². The zero-order chi connectivity index (χ0) is 15.7. The molecule has 1 amide bonds. The summed E-state index contributed by atoms with van der Waals surface area (Å²) >= 11 is 0. The van der Waals surface area contributed by atoms with Gasteiger partial charge in [0.15, 0.2) is 0 Å². The van der Waals surface area contributed by atoms with Crippen molar-refractivity contribution in [2.24, 2.45) is 0 Å². The van der Waals surface area contributed by atoms with E-state index in [1.54, 1.807) is 0 Å². The zero-order valence-electron chi connectivity index (χ0n) is 13.4. The lowest BCUT2D eigenvalue weighted by Gasteiger charge is -2.31. The molecule has 2 heterocycles. The Morgan fingerprint density at radius 3 is 2.67 bits per heavy atom. The van der Waals surface area contributed by atoms with Crippen LogP contribution in [-0.2, 0) is 14.3 Å². The van der Waals surface area contributed by atoms with Crippen molar-refractivity contribution >= 4 is 12.1 Å². The molecule has 2 aliphatic heterocycles. The van der Waals surface area contributed by atoms with Gasteiger partial charge in [-0.05, 0) is 19.5 Å². The number of unbranched alkanes of at least 4 members (excludes halogenated alkanes) is 1. The Morgan fingerprint density at radius 2 is 2.05 bits per heavy atom. The predicted molar refractivity (Wildman–Crippen MR) is 80.1 cm³/mol. The first-order valence-electron chi connectivity index (χ1n) is 7.99. The highest BCUT2D eigenvalue weighted by atomic mass is 16.6. The molecule has 6 heteroatoms. The van der Waals surface area contributed by atoms with Gasteiger partial charge in [-0.25, -0.2) is 4.79 Å². The summed E-state index contributed by atoms with van der Waals surface area (Å²) in [5.41, 5.74) is -0.397. The lowest BCUT2D eigenvalue weighted by atomic mass is 9.92. The number of esters is 1. The van der Waals surface area contributed by atoms with Gasteiger partial charge >= 0.3 is 12.1 Å². The molecule has 1 N–H and O–H groups in total. The average Bonchev–Trinajstić information content (AvgIpc) is 2.77. The van der Waals surface area contributed by atoms with Crippen LogP contribution in [0.2, 0.25) is 0 Å². The highest BCUT2D eigenvalue weighted by molar-refractivity contribution is 5.79. The third-order valence-electron chi connectivity index (χ3n) is 3.64. The maximum absolute atomic E-state index is 11.8. The number of carbonyl (C=O) groups excluding carboxylic acids is 2. The molecule has 1 spiro atoms. The fourth-order valence-electron chi connectivity index (χ4n) is 2.49. The zero-order valence-corrected chi connectivity index (χ0v) is 13.4. The first-order chi connectivity index (χ1) is 10.2. The van der Waals surface area contributed by atoms with Crippen molar-refractivity contribution in [1.82, 2.24) is 10.2 Å². The van der Waals surface area contributed by atoms with E-state index < -0.39 is 11.7 Å². The third kappa shape index (κ3) is 5.19. The number of hydrogen-bond donors (Lipinski definition) is 1. The lowest BCUT2D eigenvalue weighted by molar-refractivity contribution is -0.144. The van der Waals surface area contributed by atoms with E-state index in [4.69, 9.17) is 9.47 Å². The van der Waals surface area contributed by atoms with Gasteiger partial charge in [-0.2, -0.15) is 0 Å². The number of nitrogens with zero attached hydrogens (tertiary/aromatic N) is 1. The molecular weight excluding hydrogens is 272 g/mol. The van der Waals surface area contributed by atoms with Gasteiger partial charge in [-0.15, -0.1) is 0 Å². The Hall–Kier alpha value is -1.30. The minimum Gasteiger partial charge on any atom is -0.464 e. The number of rotatable bonds is 5. The summed E-state index contributed by atoms with van der Waals surface area (Å²) < 4.78 is 10.5. The van der Waals surface area contributed by atoms with Crippen molar-refractivity contribution in [3.05, 3.63) is 0 Å². The Bertz CT molecular complexity index is 341. The maximum atomic E-state index is 11.8. The lowest BCUT2D eigenvalue weighted by Crippen LogP contribution is -2.45. The number of piperidine rings is 1. The molecule has 2 fully saturated rings. The van der Waals surface area contributed by atoms with Crippen LogP contribution in [0.3, 0.4) is 0 Å². The van der Waals surface area contributed by atoms with E-state index >= 15 is 0 Å². The summed E-state index contributed by atoms with van der Waals surface area (Å²) in [5, 5.41) is 3.24. The third-order valence-corrected chi connectivity index (χ3v) is 3.64. The summed E-state index contributed by atoms with van der Waals surface area (Å²) in [7, 11) is 0. The number of amides is 1. The molecule has 0 radical (unpaired) electrons. The molecule has 21 heavy (non-hydrogen) atoms. The van der Waals surface area contributed by atoms with Gasteiger partial charge in [-0.1, -0.05) is 27.2 Å². The second-order valence-corrected chi connectivity index (χ2v) is 5.23. The van der Waals surface area contributed by atoms with Crippen LogP contribution in [0.15, 0.2) is 0 Å². The van der Waals surface area contributed by atoms with Gasteiger partial charge in [0, 0.05) is 12.8 Å². The second-order valence-electron chi connectivity index (χ2n) is 5.23. The van der Waals surface area contributed by atoms with E-state index in [9.17, 15) is 9.59 Å². The van der Waals surface area contributed by atoms with Crippen LogP contribution in [0.25, 0.3) is 0 Å². The number of ether oxygens (including phenoxy) is 2. The molecular formula is C15H28N2O4. The molecule has 0 atom stereocenters. The van der Waals surface area contributed by atoms with Gasteiger partial charge in [-0.3, -0.25) is 9.69 Å². The first-order valence-corrected chi connectivity index (χ1v) is 7.99. The summed E-state index contributed by atoms with van der Waals surface area (Å²) in [6.07, 6.45) is 3.05. The van der Waals surface area contributed by atoms with Gasteiger partial charge < -0.3 is 14.8 Å². The highest BCUT2D eigenvalue weighted by Crippen LogP contribution is 2.30. The van der Waals surface area contributed by atoms with Crippen LogP contribution < -0.4 is 5.32 Å². The standard InChI is InChI=1S/C13H22N2O4.C2H6/c1-2-3-8-18-11(16)9-15-10-13(19-12(15)17)4-6-14-7-5-13;1-2/h14H,2-10H2,1H3;1-2H3. The van der Waals surface area contributed by atoms with E-state index in [0.29, 0.717) is 13.2 Å². The van der Waals surface area contributed by atoms with Crippen LogP contribution in [0, 0.1) is 0 Å². The monoisotopic (exact) mass is 300 g/mol.